The number of unbranched alkanes of at least 4 members (excludes halogenated alkanes) is 4. The summed E-state index contributed by atoms with van der Waals surface area (Å²) in [6.07, 6.45) is 23.1. The lowest BCUT2D eigenvalue weighted by Crippen LogP contribution is -2.24. The molecule has 0 radical (unpaired) electrons. The van der Waals surface area contributed by atoms with Crippen molar-refractivity contribution in [3.63, 3.8) is 0 Å². The zero-order valence-corrected chi connectivity index (χ0v) is 21.6. The number of aromatic nitrogens is 1. The number of rotatable bonds is 18. The molecule has 0 unspecified atom stereocenters. The second kappa shape index (κ2) is 18.9. The van der Waals surface area contributed by atoms with Crippen LogP contribution in [0.1, 0.15) is 88.3 Å². The van der Waals surface area contributed by atoms with E-state index >= 15 is 0 Å². The Morgan fingerprint density at radius 1 is 0.943 bits per heavy atom. The predicted molar refractivity (Wildman–Crippen MR) is 142 cm³/mol. The minimum absolute atomic E-state index is 0.0659. The minimum Gasteiger partial charge on any atom is -0.356 e. The first-order valence-corrected chi connectivity index (χ1v) is 13.3. The van der Waals surface area contributed by atoms with Crippen LogP contribution in [0.15, 0.2) is 60.6 Å². The lowest BCUT2D eigenvalue weighted by atomic mass is 10.2. The third-order valence-corrected chi connectivity index (χ3v) is 6.02. The molecule has 0 bridgehead atoms. The molecule has 1 aromatic heterocycles. The summed E-state index contributed by atoms with van der Waals surface area (Å²) in [6.45, 7) is 6.33. The molecule has 0 saturated heterocycles. The largest absolute Gasteiger partial charge is 0.434 e. The van der Waals surface area contributed by atoms with E-state index in [1.54, 1.807) is 0 Å². The van der Waals surface area contributed by atoms with Crippen molar-refractivity contribution in [3.05, 3.63) is 71.3 Å². The highest BCUT2D eigenvalue weighted by molar-refractivity contribution is 7.10. The van der Waals surface area contributed by atoms with Crippen molar-refractivity contribution < 1.29 is 18.0 Å². The van der Waals surface area contributed by atoms with Crippen LogP contribution in [-0.4, -0.2) is 17.4 Å². The number of nitrogens with one attached hydrogen (secondary N) is 1. The van der Waals surface area contributed by atoms with Crippen molar-refractivity contribution in [2.24, 2.45) is 0 Å². The number of hydrogen-bond acceptors (Lipinski definition) is 3. The zero-order chi connectivity index (χ0) is 25.8. The monoisotopic (exact) mass is 508 g/mol. The third-order valence-electron chi connectivity index (χ3n) is 5.08. The van der Waals surface area contributed by atoms with E-state index in [2.05, 4.69) is 72.4 Å². The number of nitrogens with zero attached hydrogens (tertiary/aromatic N) is 1. The SMILES string of the molecule is C=C(CCNC(=O)CCC/C=C\C/C=C\C/C=C\C/C=C\CCCCC)c1nc(C(F)(F)F)cs1. The Balaban J connectivity index is 2.03. The molecular weight excluding hydrogens is 469 g/mol. The first kappa shape index (κ1) is 30.6. The summed E-state index contributed by atoms with van der Waals surface area (Å²) >= 11 is 0.916. The molecule has 0 spiro atoms. The maximum Gasteiger partial charge on any atom is 0.434 e. The van der Waals surface area contributed by atoms with Gasteiger partial charge in [-0.25, -0.2) is 4.98 Å². The zero-order valence-electron chi connectivity index (χ0n) is 20.8. The molecule has 1 rings (SSSR count). The average molecular weight is 509 g/mol. The molecule has 1 aromatic rings. The van der Waals surface area contributed by atoms with E-state index in [-0.39, 0.29) is 10.9 Å². The van der Waals surface area contributed by atoms with Gasteiger partial charge in [0.25, 0.3) is 0 Å². The molecule has 3 nitrogen and oxygen atoms in total. The van der Waals surface area contributed by atoms with Crippen LogP contribution < -0.4 is 5.32 Å². The summed E-state index contributed by atoms with van der Waals surface area (Å²) in [5, 5.41) is 4.02. The molecule has 0 saturated carbocycles. The number of thiazole rings is 1. The van der Waals surface area contributed by atoms with Crippen LogP contribution >= 0.6 is 11.3 Å². The fraction of sp³-hybridized carbons (Fsp3) is 0.500. The van der Waals surface area contributed by atoms with E-state index in [1.807, 2.05) is 0 Å². The van der Waals surface area contributed by atoms with Gasteiger partial charge in [0.1, 0.15) is 5.01 Å². The van der Waals surface area contributed by atoms with Gasteiger partial charge < -0.3 is 5.32 Å². The molecule has 0 aliphatic rings. The quantitative estimate of drug-likeness (QED) is 0.159. The lowest BCUT2D eigenvalue weighted by Gasteiger charge is -2.05. The molecule has 1 heterocycles. The molecule has 7 heteroatoms. The van der Waals surface area contributed by atoms with Gasteiger partial charge in [-0.2, -0.15) is 13.2 Å². The van der Waals surface area contributed by atoms with Gasteiger partial charge >= 0.3 is 6.18 Å². The molecule has 194 valence electrons. The summed E-state index contributed by atoms with van der Waals surface area (Å²) in [4.78, 5) is 15.5. The van der Waals surface area contributed by atoms with Crippen molar-refractivity contribution in [2.75, 3.05) is 6.54 Å². The highest BCUT2D eigenvalue weighted by atomic mass is 32.1. The maximum absolute atomic E-state index is 12.6. The van der Waals surface area contributed by atoms with Crippen LogP contribution in [0, 0.1) is 0 Å². The van der Waals surface area contributed by atoms with Gasteiger partial charge in [0.15, 0.2) is 5.69 Å². The Labute approximate surface area is 212 Å². The lowest BCUT2D eigenvalue weighted by molar-refractivity contribution is -0.140. The van der Waals surface area contributed by atoms with Gasteiger partial charge in [-0.05, 0) is 56.9 Å². The van der Waals surface area contributed by atoms with Crippen molar-refractivity contribution >= 4 is 22.8 Å². The van der Waals surface area contributed by atoms with E-state index in [0.717, 1.165) is 48.8 Å². The number of amides is 1. The number of carbonyl (C=O) groups excluding carboxylic acids is 1. The van der Waals surface area contributed by atoms with Crippen LogP contribution in [-0.2, 0) is 11.0 Å². The Morgan fingerprint density at radius 3 is 2.06 bits per heavy atom. The van der Waals surface area contributed by atoms with E-state index in [0.29, 0.717) is 25.0 Å². The normalized spacial score (nSPS) is 12.6. The average Bonchev–Trinajstić information content (AvgIpc) is 3.32. The second-order valence-electron chi connectivity index (χ2n) is 8.22. The van der Waals surface area contributed by atoms with Gasteiger partial charge in [-0.15, -0.1) is 11.3 Å². The Kier molecular flexibility index (Phi) is 16.5. The highest BCUT2D eigenvalue weighted by Gasteiger charge is 2.33. The summed E-state index contributed by atoms with van der Waals surface area (Å²) in [5.74, 6) is -0.0659. The van der Waals surface area contributed by atoms with E-state index in [1.165, 1.54) is 25.7 Å². The Bertz CT molecular complexity index is 851. The molecule has 0 atom stereocenters. The van der Waals surface area contributed by atoms with Gasteiger partial charge in [0.2, 0.25) is 5.91 Å². The first-order valence-electron chi connectivity index (χ1n) is 12.4. The van der Waals surface area contributed by atoms with Crippen LogP contribution in [0.25, 0.3) is 5.57 Å². The smallest absolute Gasteiger partial charge is 0.356 e. The van der Waals surface area contributed by atoms with Gasteiger partial charge in [-0.1, -0.05) is 75.0 Å². The molecule has 35 heavy (non-hydrogen) atoms. The second-order valence-corrected chi connectivity index (χ2v) is 9.08. The van der Waals surface area contributed by atoms with Gasteiger partial charge in [0, 0.05) is 18.3 Å². The molecule has 1 N–H and O–H groups in total. The number of alkyl halides is 3. The third kappa shape index (κ3) is 16.0. The number of halogens is 3. The molecular formula is C28H39F3N2OS. The Hall–Kier alpha value is -2.41. The van der Waals surface area contributed by atoms with E-state index < -0.39 is 11.9 Å². The van der Waals surface area contributed by atoms with Crippen molar-refractivity contribution in [1.29, 1.82) is 0 Å². The van der Waals surface area contributed by atoms with Crippen LogP contribution in [0.3, 0.4) is 0 Å². The van der Waals surface area contributed by atoms with Crippen LogP contribution in [0.5, 0.6) is 0 Å². The summed E-state index contributed by atoms with van der Waals surface area (Å²) < 4.78 is 37.8. The molecule has 0 fully saturated rings. The molecule has 0 aliphatic heterocycles. The molecule has 1 amide bonds. The number of hydrogen-bond donors (Lipinski definition) is 1. The molecule has 0 aliphatic carbocycles. The maximum atomic E-state index is 12.6. The van der Waals surface area contributed by atoms with Crippen molar-refractivity contribution in [1.82, 2.24) is 10.3 Å². The summed E-state index contributed by atoms with van der Waals surface area (Å²) in [7, 11) is 0. The predicted octanol–water partition coefficient (Wildman–Crippen LogP) is 8.83. The van der Waals surface area contributed by atoms with Crippen LogP contribution in [0.4, 0.5) is 13.2 Å². The van der Waals surface area contributed by atoms with E-state index in [9.17, 15) is 18.0 Å². The van der Waals surface area contributed by atoms with E-state index in [4.69, 9.17) is 0 Å². The van der Waals surface area contributed by atoms with Crippen molar-refractivity contribution in [3.8, 4) is 0 Å². The highest BCUT2D eigenvalue weighted by Crippen LogP contribution is 2.32. The number of carbonyl (C=O) groups is 1. The van der Waals surface area contributed by atoms with Gasteiger partial charge in [-0.3, -0.25) is 4.79 Å². The van der Waals surface area contributed by atoms with Gasteiger partial charge in [0.05, 0.1) is 0 Å². The summed E-state index contributed by atoms with van der Waals surface area (Å²) in [6, 6.07) is 0. The summed E-state index contributed by atoms with van der Waals surface area (Å²) in [5.41, 5.74) is -0.411. The topological polar surface area (TPSA) is 42.0 Å². The first-order chi connectivity index (χ1) is 16.8. The fourth-order valence-electron chi connectivity index (χ4n) is 3.06. The fourth-order valence-corrected chi connectivity index (χ4v) is 3.89. The molecule has 0 aromatic carbocycles. The minimum atomic E-state index is -4.45. The standard InChI is InChI=1S/C28H39F3N2OS/c1-3-4-5-6-7-8-9-10-11-12-13-14-15-16-17-18-19-20-26(34)32-22-21-24(2)27-33-25(23-35-27)28(29,30)31/h7-8,10-11,13-14,16-17,23H,2-6,9,12,15,18-22H2,1H3,(H,32,34)/b8-7-,11-10-,14-13-,17-16-. The van der Waals surface area contributed by atoms with Crippen molar-refractivity contribution in [2.45, 2.75) is 83.7 Å². The number of allylic oxidation sites excluding steroid dienone is 8. The van der Waals surface area contributed by atoms with Crippen LogP contribution in [0.2, 0.25) is 0 Å². The Morgan fingerprint density at radius 2 is 1.51 bits per heavy atom.